The topological polar surface area (TPSA) is 29.1 Å². The highest BCUT2D eigenvalue weighted by Crippen LogP contribution is 2.44. The highest BCUT2D eigenvalue weighted by atomic mass is 35.5. The molecule has 21 heavy (non-hydrogen) atoms. The van der Waals surface area contributed by atoms with Crippen molar-refractivity contribution >= 4 is 40.9 Å². The van der Waals surface area contributed by atoms with Gasteiger partial charge in [0.05, 0.1) is 15.8 Å². The summed E-state index contributed by atoms with van der Waals surface area (Å²) in [5, 5.41) is 4.35. The van der Waals surface area contributed by atoms with Gasteiger partial charge in [0.15, 0.2) is 0 Å². The largest absolute Gasteiger partial charge is 0.352 e. The molecular weight excluding hydrogens is 325 g/mol. The van der Waals surface area contributed by atoms with Crippen molar-refractivity contribution in [2.24, 2.45) is 11.8 Å². The summed E-state index contributed by atoms with van der Waals surface area (Å²) in [7, 11) is 0. The Morgan fingerprint density at radius 3 is 2.76 bits per heavy atom. The van der Waals surface area contributed by atoms with E-state index >= 15 is 0 Å². The number of thioether (sulfide) groups is 1. The van der Waals surface area contributed by atoms with Gasteiger partial charge in [-0.1, -0.05) is 35.7 Å². The second-order valence-electron chi connectivity index (χ2n) is 6.09. The van der Waals surface area contributed by atoms with Crippen LogP contribution in [0.15, 0.2) is 18.2 Å². The molecule has 1 amide bonds. The maximum Gasteiger partial charge on any atom is 0.230 e. The number of carbonyl (C=O) groups is 1. The van der Waals surface area contributed by atoms with Crippen LogP contribution in [0.5, 0.6) is 0 Å². The van der Waals surface area contributed by atoms with Gasteiger partial charge >= 0.3 is 0 Å². The fourth-order valence-corrected chi connectivity index (χ4v) is 4.67. The molecule has 2 aliphatic rings. The molecule has 3 rings (SSSR count). The Morgan fingerprint density at radius 1 is 1.24 bits per heavy atom. The summed E-state index contributed by atoms with van der Waals surface area (Å²) >= 11 is 13.5. The van der Waals surface area contributed by atoms with E-state index < -0.39 is 0 Å². The quantitative estimate of drug-likeness (QED) is 0.850. The fraction of sp³-hybridized carbons (Fsp3) is 0.562. The first-order valence-electron chi connectivity index (χ1n) is 7.43. The lowest BCUT2D eigenvalue weighted by Crippen LogP contribution is -2.39. The lowest BCUT2D eigenvalue weighted by atomic mass is 9.95. The van der Waals surface area contributed by atoms with E-state index in [1.54, 1.807) is 17.8 Å². The van der Waals surface area contributed by atoms with Gasteiger partial charge < -0.3 is 5.32 Å². The molecule has 114 valence electrons. The molecule has 1 N–H and O–H groups in total. The van der Waals surface area contributed by atoms with Gasteiger partial charge in [0, 0.05) is 11.8 Å². The molecule has 0 radical (unpaired) electrons. The van der Waals surface area contributed by atoms with Crippen LogP contribution in [0.3, 0.4) is 0 Å². The van der Waals surface area contributed by atoms with Gasteiger partial charge in [-0.15, -0.1) is 11.8 Å². The zero-order valence-corrected chi connectivity index (χ0v) is 14.1. The molecule has 0 aliphatic heterocycles. The number of rotatable bonds is 5. The molecule has 2 saturated carbocycles. The average Bonchev–Trinajstić information content (AvgIpc) is 3.05. The minimum atomic E-state index is 0.164. The van der Waals surface area contributed by atoms with E-state index in [9.17, 15) is 4.79 Å². The van der Waals surface area contributed by atoms with Gasteiger partial charge in [-0.2, -0.15) is 0 Å². The predicted molar refractivity (Wildman–Crippen MR) is 90.0 cm³/mol. The molecule has 0 saturated heterocycles. The number of hydrogen-bond acceptors (Lipinski definition) is 2. The number of amides is 1. The van der Waals surface area contributed by atoms with Crippen LogP contribution in [0.4, 0.5) is 0 Å². The first kappa shape index (κ1) is 15.5. The third-order valence-electron chi connectivity index (χ3n) is 4.57. The van der Waals surface area contributed by atoms with E-state index in [1.807, 2.05) is 12.1 Å². The van der Waals surface area contributed by atoms with Crippen molar-refractivity contribution in [1.29, 1.82) is 0 Å². The van der Waals surface area contributed by atoms with Gasteiger partial charge in [0.2, 0.25) is 5.91 Å². The monoisotopic (exact) mass is 343 g/mol. The number of nitrogens with one attached hydrogen (secondary N) is 1. The van der Waals surface area contributed by atoms with Gasteiger partial charge in [-0.25, -0.2) is 0 Å². The first-order valence-corrected chi connectivity index (χ1v) is 9.34. The summed E-state index contributed by atoms with van der Waals surface area (Å²) in [6.07, 6.45) is 5.17. The molecule has 0 aromatic heterocycles. The zero-order chi connectivity index (χ0) is 14.8. The van der Waals surface area contributed by atoms with Crippen molar-refractivity contribution in [3.63, 3.8) is 0 Å². The Bertz CT molecular complexity index is 537. The standard InChI is InChI=1S/C16H19Cl2NOS/c17-13-4-2-11(6-14(13)18)8-21-9-16(20)19-15-7-10-1-3-12(15)5-10/h2,4,6,10,12,15H,1,3,5,7-9H2,(H,19,20)/t10-,12+,15+/m0/s1. The lowest BCUT2D eigenvalue weighted by Gasteiger charge is -2.22. The third kappa shape index (κ3) is 3.88. The summed E-state index contributed by atoms with van der Waals surface area (Å²) in [6, 6.07) is 6.05. The normalized spacial score (nSPS) is 27.0. The number of halogens is 2. The Labute approximate surface area is 140 Å². The minimum Gasteiger partial charge on any atom is -0.352 e. The summed E-state index contributed by atoms with van der Waals surface area (Å²) < 4.78 is 0. The molecule has 1 aromatic rings. The third-order valence-corrected chi connectivity index (χ3v) is 6.31. The molecule has 2 nitrogen and oxygen atoms in total. The first-order chi connectivity index (χ1) is 10.1. The molecule has 0 unspecified atom stereocenters. The summed E-state index contributed by atoms with van der Waals surface area (Å²) in [5.41, 5.74) is 1.10. The van der Waals surface area contributed by atoms with Gasteiger partial charge in [0.1, 0.15) is 0 Å². The molecule has 3 atom stereocenters. The smallest absolute Gasteiger partial charge is 0.230 e. The van der Waals surface area contributed by atoms with Crippen molar-refractivity contribution in [3.8, 4) is 0 Å². The van der Waals surface area contributed by atoms with Crippen molar-refractivity contribution in [1.82, 2.24) is 5.32 Å². The van der Waals surface area contributed by atoms with Crippen molar-refractivity contribution in [2.75, 3.05) is 5.75 Å². The second-order valence-corrected chi connectivity index (χ2v) is 7.89. The summed E-state index contributed by atoms with van der Waals surface area (Å²) in [6.45, 7) is 0. The van der Waals surface area contributed by atoms with E-state index in [2.05, 4.69) is 5.32 Å². The molecule has 0 heterocycles. The highest BCUT2D eigenvalue weighted by Gasteiger charge is 2.39. The molecule has 2 fully saturated rings. The minimum absolute atomic E-state index is 0.164. The number of carbonyl (C=O) groups excluding carboxylic acids is 1. The van der Waals surface area contributed by atoms with Crippen LogP contribution in [0.2, 0.25) is 10.0 Å². The zero-order valence-electron chi connectivity index (χ0n) is 11.8. The van der Waals surface area contributed by atoms with E-state index in [1.165, 1.54) is 25.7 Å². The van der Waals surface area contributed by atoms with Crippen LogP contribution < -0.4 is 5.32 Å². The molecule has 2 aliphatic carbocycles. The van der Waals surface area contributed by atoms with Crippen LogP contribution in [-0.2, 0) is 10.5 Å². The molecule has 5 heteroatoms. The van der Waals surface area contributed by atoms with Crippen molar-refractivity contribution < 1.29 is 4.79 Å². The second kappa shape index (κ2) is 6.80. The Hall–Kier alpha value is -0.380. The summed E-state index contributed by atoms with van der Waals surface area (Å²) in [4.78, 5) is 12.0. The SMILES string of the molecule is O=C(CSCc1ccc(Cl)c(Cl)c1)N[C@@H]1C[C@H]2CC[C@@H]1C2. The van der Waals surface area contributed by atoms with E-state index in [0.717, 1.165) is 23.2 Å². The highest BCUT2D eigenvalue weighted by molar-refractivity contribution is 7.99. The average molecular weight is 344 g/mol. The fourth-order valence-electron chi connectivity index (χ4n) is 3.56. The Balaban J connectivity index is 1.40. The maximum absolute atomic E-state index is 12.0. The molecule has 1 aromatic carbocycles. The Morgan fingerprint density at radius 2 is 2.10 bits per heavy atom. The molecule has 0 spiro atoms. The van der Waals surface area contributed by atoms with E-state index in [4.69, 9.17) is 23.2 Å². The molecule has 2 bridgehead atoms. The van der Waals surface area contributed by atoms with Gasteiger partial charge in [-0.05, 0) is 48.8 Å². The van der Waals surface area contributed by atoms with Crippen molar-refractivity contribution in [2.45, 2.75) is 37.5 Å². The van der Waals surface area contributed by atoms with Crippen LogP contribution in [0, 0.1) is 11.8 Å². The number of hydrogen-bond donors (Lipinski definition) is 1. The van der Waals surface area contributed by atoms with Crippen LogP contribution >= 0.6 is 35.0 Å². The summed E-state index contributed by atoms with van der Waals surface area (Å²) in [5.74, 6) is 3.05. The van der Waals surface area contributed by atoms with E-state index in [-0.39, 0.29) is 5.91 Å². The van der Waals surface area contributed by atoms with Gasteiger partial charge in [-0.3, -0.25) is 4.79 Å². The van der Waals surface area contributed by atoms with E-state index in [0.29, 0.717) is 21.8 Å². The maximum atomic E-state index is 12.0. The lowest BCUT2D eigenvalue weighted by molar-refractivity contribution is -0.119. The van der Waals surface area contributed by atoms with Crippen LogP contribution in [0.25, 0.3) is 0 Å². The molecular formula is C16H19Cl2NOS. The van der Waals surface area contributed by atoms with Gasteiger partial charge in [0.25, 0.3) is 0 Å². The predicted octanol–water partition coefficient (Wildman–Crippen LogP) is 4.53. The van der Waals surface area contributed by atoms with Crippen LogP contribution in [-0.4, -0.2) is 17.7 Å². The number of fused-ring (bicyclic) bond motifs is 2. The number of benzene rings is 1. The van der Waals surface area contributed by atoms with Crippen molar-refractivity contribution in [3.05, 3.63) is 33.8 Å². The van der Waals surface area contributed by atoms with Crippen LogP contribution in [0.1, 0.15) is 31.2 Å². The Kier molecular flexibility index (Phi) is 5.03.